The molecular weight excluding hydrogens is 418 g/mol. The summed E-state index contributed by atoms with van der Waals surface area (Å²) in [5, 5.41) is 3.22. The predicted molar refractivity (Wildman–Crippen MR) is 129 cm³/mol. The smallest absolute Gasteiger partial charge is 0.331 e. The molecule has 168 valence electrons. The number of hydrogen-bond acceptors (Lipinski definition) is 4. The number of benzene rings is 3. The van der Waals surface area contributed by atoms with Crippen molar-refractivity contribution in [1.82, 2.24) is 9.13 Å². The summed E-state index contributed by atoms with van der Waals surface area (Å²) in [7, 11) is 1.53. The van der Waals surface area contributed by atoms with Crippen LogP contribution in [0.15, 0.2) is 82.4 Å². The summed E-state index contributed by atoms with van der Waals surface area (Å²) in [6.07, 6.45) is 0.529. The van der Waals surface area contributed by atoms with Crippen LogP contribution in [-0.4, -0.2) is 22.2 Å². The molecule has 0 fully saturated rings. The molecule has 0 aliphatic heterocycles. The quantitative estimate of drug-likeness (QED) is 0.475. The topological polar surface area (TPSA) is 82.3 Å². The predicted octanol–water partition coefficient (Wildman–Crippen LogP) is 3.36. The number of nitrogens with zero attached hydrogens (tertiary/aromatic N) is 2. The summed E-state index contributed by atoms with van der Waals surface area (Å²) in [4.78, 5) is 39.3. The van der Waals surface area contributed by atoms with E-state index in [0.717, 1.165) is 11.1 Å². The lowest BCUT2D eigenvalue weighted by atomic mass is 10.1. The Morgan fingerprint density at radius 2 is 1.67 bits per heavy atom. The van der Waals surface area contributed by atoms with Crippen LogP contribution in [-0.2, 0) is 24.3 Å². The number of anilines is 1. The molecule has 1 N–H and O–H groups in total. The Hall–Kier alpha value is -4.13. The first-order chi connectivity index (χ1) is 16.0. The summed E-state index contributed by atoms with van der Waals surface area (Å²) < 4.78 is 7.88. The van der Waals surface area contributed by atoms with Crippen molar-refractivity contribution in [3.05, 3.63) is 105 Å². The number of aromatic nitrogens is 2. The lowest BCUT2D eigenvalue weighted by molar-refractivity contribution is -0.116. The fourth-order valence-corrected chi connectivity index (χ4v) is 3.86. The van der Waals surface area contributed by atoms with E-state index in [4.69, 9.17) is 4.74 Å². The number of rotatable bonds is 7. The van der Waals surface area contributed by atoms with Crippen LogP contribution in [0.4, 0.5) is 5.69 Å². The molecular formula is C26H25N3O4. The Morgan fingerprint density at radius 3 is 2.42 bits per heavy atom. The summed E-state index contributed by atoms with van der Waals surface area (Å²) >= 11 is 0. The number of para-hydroxylation sites is 1. The average molecular weight is 444 g/mol. The van der Waals surface area contributed by atoms with E-state index in [0.29, 0.717) is 28.8 Å². The number of ether oxygens (including phenoxy) is 1. The molecule has 0 aliphatic rings. The van der Waals surface area contributed by atoms with E-state index in [2.05, 4.69) is 5.32 Å². The van der Waals surface area contributed by atoms with Crippen molar-refractivity contribution in [2.75, 3.05) is 12.4 Å². The molecule has 0 atom stereocenters. The fourth-order valence-electron chi connectivity index (χ4n) is 3.86. The lowest BCUT2D eigenvalue weighted by Crippen LogP contribution is -2.42. The molecule has 0 saturated carbocycles. The SMILES string of the molecule is COc1ccc(C)cc1NC(=O)Cn1c(=O)n(CCc2ccccc2)c(=O)c2ccccc21. The monoisotopic (exact) mass is 443 g/mol. The third-order valence-electron chi connectivity index (χ3n) is 5.53. The Balaban J connectivity index is 1.69. The van der Waals surface area contributed by atoms with Gasteiger partial charge in [-0.25, -0.2) is 4.79 Å². The number of fused-ring (bicyclic) bond motifs is 1. The number of carbonyl (C=O) groups excluding carboxylic acids is 1. The molecule has 1 aromatic heterocycles. The van der Waals surface area contributed by atoms with E-state index in [9.17, 15) is 14.4 Å². The van der Waals surface area contributed by atoms with Crippen molar-refractivity contribution in [2.45, 2.75) is 26.4 Å². The molecule has 4 rings (SSSR count). The van der Waals surface area contributed by atoms with Gasteiger partial charge in [0.1, 0.15) is 12.3 Å². The Labute approximate surface area is 190 Å². The van der Waals surface area contributed by atoms with Gasteiger partial charge in [0.05, 0.1) is 23.7 Å². The van der Waals surface area contributed by atoms with Gasteiger partial charge in [-0.15, -0.1) is 0 Å². The normalized spacial score (nSPS) is 10.8. The van der Waals surface area contributed by atoms with Gasteiger partial charge in [-0.3, -0.25) is 18.7 Å². The van der Waals surface area contributed by atoms with Gasteiger partial charge in [-0.05, 0) is 48.7 Å². The Morgan fingerprint density at radius 1 is 0.939 bits per heavy atom. The van der Waals surface area contributed by atoms with Gasteiger partial charge in [-0.1, -0.05) is 48.5 Å². The zero-order valence-corrected chi connectivity index (χ0v) is 18.6. The Kier molecular flexibility index (Phi) is 6.40. The van der Waals surface area contributed by atoms with E-state index >= 15 is 0 Å². The second-order valence-corrected chi connectivity index (χ2v) is 7.83. The van der Waals surface area contributed by atoms with Crippen LogP contribution in [0.5, 0.6) is 5.75 Å². The van der Waals surface area contributed by atoms with E-state index in [1.807, 2.05) is 43.3 Å². The minimum absolute atomic E-state index is 0.222. The van der Waals surface area contributed by atoms with Crippen molar-refractivity contribution in [1.29, 1.82) is 0 Å². The molecule has 7 nitrogen and oxygen atoms in total. The second-order valence-electron chi connectivity index (χ2n) is 7.83. The van der Waals surface area contributed by atoms with Crippen molar-refractivity contribution in [2.24, 2.45) is 0 Å². The van der Waals surface area contributed by atoms with Crippen molar-refractivity contribution >= 4 is 22.5 Å². The van der Waals surface area contributed by atoms with Gasteiger partial charge in [0.2, 0.25) is 5.91 Å². The largest absolute Gasteiger partial charge is 0.495 e. The van der Waals surface area contributed by atoms with E-state index < -0.39 is 5.69 Å². The summed E-state index contributed by atoms with van der Waals surface area (Å²) in [6.45, 7) is 1.90. The van der Waals surface area contributed by atoms with Gasteiger partial charge < -0.3 is 10.1 Å². The van der Waals surface area contributed by atoms with Crippen LogP contribution in [0.2, 0.25) is 0 Å². The van der Waals surface area contributed by atoms with Crippen molar-refractivity contribution in [3.63, 3.8) is 0 Å². The number of hydrogen-bond donors (Lipinski definition) is 1. The zero-order chi connectivity index (χ0) is 23.4. The first-order valence-electron chi connectivity index (χ1n) is 10.7. The maximum absolute atomic E-state index is 13.3. The summed E-state index contributed by atoms with van der Waals surface area (Å²) in [5.41, 5.74) is 2.06. The third-order valence-corrected chi connectivity index (χ3v) is 5.53. The first-order valence-corrected chi connectivity index (χ1v) is 10.7. The number of carbonyl (C=O) groups is 1. The number of nitrogens with one attached hydrogen (secondary N) is 1. The van der Waals surface area contributed by atoms with Gasteiger partial charge in [0, 0.05) is 6.54 Å². The highest BCUT2D eigenvalue weighted by atomic mass is 16.5. The van der Waals surface area contributed by atoms with Gasteiger partial charge in [-0.2, -0.15) is 0 Å². The molecule has 1 heterocycles. The molecule has 0 radical (unpaired) electrons. The van der Waals surface area contributed by atoms with Crippen LogP contribution in [0.25, 0.3) is 10.9 Å². The van der Waals surface area contributed by atoms with Crippen molar-refractivity contribution in [3.8, 4) is 5.75 Å². The third kappa shape index (κ3) is 4.72. The standard InChI is InChI=1S/C26H25N3O4/c1-18-12-13-23(33-2)21(16-18)27-24(30)17-29-22-11-7-6-10-20(22)25(31)28(26(29)32)15-14-19-8-4-3-5-9-19/h3-13,16H,14-15,17H2,1-2H3,(H,27,30). The molecule has 0 spiro atoms. The number of amides is 1. The molecule has 33 heavy (non-hydrogen) atoms. The minimum atomic E-state index is -0.513. The summed E-state index contributed by atoms with van der Waals surface area (Å²) in [5.74, 6) is 0.137. The molecule has 0 bridgehead atoms. The average Bonchev–Trinajstić information content (AvgIpc) is 2.82. The van der Waals surface area contributed by atoms with Crippen LogP contribution >= 0.6 is 0 Å². The van der Waals surface area contributed by atoms with E-state index in [1.54, 1.807) is 36.4 Å². The Bertz CT molecular complexity index is 1420. The summed E-state index contributed by atoms with van der Waals surface area (Å²) in [6, 6.07) is 22.0. The molecule has 1 amide bonds. The van der Waals surface area contributed by atoms with Gasteiger partial charge in [0.25, 0.3) is 5.56 Å². The van der Waals surface area contributed by atoms with Crippen LogP contribution in [0, 0.1) is 6.92 Å². The van der Waals surface area contributed by atoms with Crippen LogP contribution in [0.1, 0.15) is 11.1 Å². The minimum Gasteiger partial charge on any atom is -0.495 e. The maximum Gasteiger partial charge on any atom is 0.331 e. The van der Waals surface area contributed by atoms with Crippen molar-refractivity contribution < 1.29 is 9.53 Å². The molecule has 7 heteroatoms. The highest BCUT2D eigenvalue weighted by Crippen LogP contribution is 2.25. The molecule has 0 saturated heterocycles. The fraction of sp³-hybridized carbons (Fsp3) is 0.192. The zero-order valence-electron chi connectivity index (χ0n) is 18.6. The highest BCUT2D eigenvalue weighted by Gasteiger charge is 2.16. The van der Waals surface area contributed by atoms with E-state index in [1.165, 1.54) is 16.2 Å². The highest BCUT2D eigenvalue weighted by molar-refractivity contribution is 5.93. The van der Waals surface area contributed by atoms with Crippen LogP contribution in [0.3, 0.4) is 0 Å². The number of methoxy groups -OCH3 is 1. The maximum atomic E-state index is 13.3. The van der Waals surface area contributed by atoms with E-state index in [-0.39, 0.29) is 24.6 Å². The molecule has 0 aliphatic carbocycles. The van der Waals surface area contributed by atoms with Gasteiger partial charge >= 0.3 is 5.69 Å². The molecule has 3 aromatic carbocycles. The van der Waals surface area contributed by atoms with Crippen LogP contribution < -0.4 is 21.3 Å². The molecule has 4 aromatic rings. The molecule has 0 unspecified atom stereocenters. The number of aryl methyl sites for hydroxylation is 2. The lowest BCUT2D eigenvalue weighted by Gasteiger charge is -2.15. The second kappa shape index (κ2) is 9.56. The first kappa shape index (κ1) is 22.1. The van der Waals surface area contributed by atoms with Gasteiger partial charge in [0.15, 0.2) is 0 Å².